The molecule has 1 fully saturated rings. The first-order valence-corrected chi connectivity index (χ1v) is 9.15. The summed E-state index contributed by atoms with van der Waals surface area (Å²) in [6.07, 6.45) is 0.160. The van der Waals surface area contributed by atoms with Crippen LogP contribution in [0, 0.1) is 12.8 Å². The van der Waals surface area contributed by atoms with Crippen molar-refractivity contribution in [2.75, 3.05) is 18.6 Å². The van der Waals surface area contributed by atoms with Crippen molar-refractivity contribution < 1.29 is 19.1 Å². The lowest BCUT2D eigenvalue weighted by atomic mass is 10.0. The second-order valence-electron chi connectivity index (χ2n) is 7.22. The number of aryl methyl sites for hydroxylation is 1. The van der Waals surface area contributed by atoms with E-state index in [1.807, 2.05) is 37.3 Å². The number of nitrogens with zero attached hydrogens (tertiary/aromatic N) is 1. The van der Waals surface area contributed by atoms with E-state index in [-0.39, 0.29) is 24.2 Å². The van der Waals surface area contributed by atoms with Gasteiger partial charge in [0.1, 0.15) is 11.5 Å². The number of hydrogen-bond donors (Lipinski definition) is 0. The van der Waals surface area contributed by atoms with Gasteiger partial charge in [0.2, 0.25) is 5.91 Å². The lowest BCUT2D eigenvalue weighted by Gasteiger charge is -2.18. The molecule has 2 aromatic carbocycles. The third-order valence-corrected chi connectivity index (χ3v) is 4.84. The van der Waals surface area contributed by atoms with Gasteiger partial charge in [0.25, 0.3) is 0 Å². The number of carbonyl (C=O) groups is 2. The summed E-state index contributed by atoms with van der Waals surface area (Å²) in [5, 5.41) is 0. The van der Waals surface area contributed by atoms with Crippen LogP contribution in [0.1, 0.15) is 37.3 Å². The molecule has 3 rings (SSSR count). The molecule has 0 unspecified atom stereocenters. The molecular formula is C22H25NO4. The normalized spacial score (nSPS) is 16.7. The van der Waals surface area contributed by atoms with Gasteiger partial charge in [0.05, 0.1) is 13.0 Å². The molecule has 1 aliphatic rings. The van der Waals surface area contributed by atoms with Crippen molar-refractivity contribution in [3.63, 3.8) is 0 Å². The summed E-state index contributed by atoms with van der Waals surface area (Å²) < 4.78 is 10.8. The molecule has 0 saturated carbocycles. The molecule has 0 spiro atoms. The van der Waals surface area contributed by atoms with Crippen molar-refractivity contribution in [2.24, 2.45) is 5.92 Å². The van der Waals surface area contributed by atoms with Crippen molar-refractivity contribution in [3.05, 3.63) is 53.6 Å². The van der Waals surface area contributed by atoms with Gasteiger partial charge in [-0.15, -0.1) is 0 Å². The average molecular weight is 367 g/mol. The Hall–Kier alpha value is -2.82. The zero-order valence-corrected chi connectivity index (χ0v) is 16.2. The Morgan fingerprint density at radius 3 is 2.48 bits per heavy atom. The Balaban J connectivity index is 1.73. The predicted molar refractivity (Wildman–Crippen MR) is 104 cm³/mol. The highest BCUT2D eigenvalue weighted by Gasteiger charge is 2.36. The van der Waals surface area contributed by atoms with Crippen molar-refractivity contribution in [2.45, 2.75) is 33.1 Å². The van der Waals surface area contributed by atoms with Crippen molar-refractivity contribution in [3.8, 4) is 11.5 Å². The number of ether oxygens (including phenoxy) is 2. The molecule has 0 aliphatic carbocycles. The summed E-state index contributed by atoms with van der Waals surface area (Å²) in [5.74, 6) is 0.657. The Kier molecular flexibility index (Phi) is 5.49. The number of hydrogen-bond acceptors (Lipinski definition) is 4. The highest BCUT2D eigenvalue weighted by molar-refractivity contribution is 5.99. The molecule has 0 bridgehead atoms. The minimum absolute atomic E-state index is 0.0737. The Bertz CT molecular complexity index is 842. The lowest BCUT2D eigenvalue weighted by molar-refractivity contribution is -0.139. The largest absolute Gasteiger partial charge is 0.497 e. The summed E-state index contributed by atoms with van der Waals surface area (Å²) in [6.45, 7) is 6.41. The van der Waals surface area contributed by atoms with Crippen molar-refractivity contribution >= 4 is 17.6 Å². The third-order valence-electron chi connectivity index (χ3n) is 4.84. The molecule has 1 saturated heterocycles. The number of carbonyl (C=O) groups excluding carboxylic acids is 2. The van der Waals surface area contributed by atoms with E-state index in [1.54, 1.807) is 24.1 Å². The zero-order chi connectivity index (χ0) is 19.6. The van der Waals surface area contributed by atoms with Crippen LogP contribution in [0.2, 0.25) is 0 Å². The van der Waals surface area contributed by atoms with Crippen LogP contribution in [0.4, 0.5) is 5.69 Å². The van der Waals surface area contributed by atoms with E-state index in [4.69, 9.17) is 9.47 Å². The molecule has 2 aromatic rings. The van der Waals surface area contributed by atoms with Gasteiger partial charge >= 0.3 is 5.97 Å². The molecule has 0 radical (unpaired) electrons. The van der Waals surface area contributed by atoms with E-state index < -0.39 is 5.92 Å². The SMILES string of the molecule is COc1ccc(N2C[C@H](C(=O)Oc3cc(C)ccc3C(C)C)CC2=O)cc1. The number of anilines is 1. The predicted octanol–water partition coefficient (Wildman–Crippen LogP) is 4.09. The zero-order valence-electron chi connectivity index (χ0n) is 16.2. The van der Waals surface area contributed by atoms with Gasteiger partial charge in [-0.1, -0.05) is 26.0 Å². The fourth-order valence-corrected chi connectivity index (χ4v) is 3.28. The monoisotopic (exact) mass is 367 g/mol. The van der Waals surface area contributed by atoms with E-state index in [1.165, 1.54) is 0 Å². The summed E-state index contributed by atoms with van der Waals surface area (Å²) >= 11 is 0. The Morgan fingerprint density at radius 2 is 1.85 bits per heavy atom. The fourth-order valence-electron chi connectivity index (χ4n) is 3.28. The topological polar surface area (TPSA) is 55.8 Å². The minimum Gasteiger partial charge on any atom is -0.497 e. The van der Waals surface area contributed by atoms with Gasteiger partial charge in [0, 0.05) is 18.7 Å². The van der Waals surface area contributed by atoms with Gasteiger partial charge in [-0.3, -0.25) is 9.59 Å². The minimum atomic E-state index is -0.472. The van der Waals surface area contributed by atoms with Crippen LogP contribution < -0.4 is 14.4 Å². The first kappa shape index (κ1) is 19.0. The highest BCUT2D eigenvalue weighted by atomic mass is 16.5. The fraction of sp³-hybridized carbons (Fsp3) is 0.364. The van der Waals surface area contributed by atoms with E-state index in [9.17, 15) is 9.59 Å². The van der Waals surface area contributed by atoms with Gasteiger partial charge in [-0.05, 0) is 54.3 Å². The van der Waals surface area contributed by atoms with Crippen LogP contribution >= 0.6 is 0 Å². The second-order valence-corrected chi connectivity index (χ2v) is 7.22. The maximum Gasteiger partial charge on any atom is 0.316 e. The van der Waals surface area contributed by atoms with Crippen LogP contribution in [0.25, 0.3) is 0 Å². The van der Waals surface area contributed by atoms with Crippen LogP contribution in [0.15, 0.2) is 42.5 Å². The molecule has 5 heteroatoms. The van der Waals surface area contributed by atoms with Crippen molar-refractivity contribution in [1.82, 2.24) is 0 Å². The molecule has 27 heavy (non-hydrogen) atoms. The molecule has 1 heterocycles. The quantitative estimate of drug-likeness (QED) is 0.590. The molecule has 1 amide bonds. The molecule has 1 aliphatic heterocycles. The average Bonchev–Trinajstić information content (AvgIpc) is 3.03. The van der Waals surface area contributed by atoms with Gasteiger partial charge < -0.3 is 14.4 Å². The van der Waals surface area contributed by atoms with Gasteiger partial charge in [-0.2, -0.15) is 0 Å². The number of esters is 1. The van der Waals surface area contributed by atoms with E-state index in [0.717, 1.165) is 22.6 Å². The molecule has 142 valence electrons. The Morgan fingerprint density at radius 1 is 1.15 bits per heavy atom. The number of benzene rings is 2. The van der Waals surface area contributed by atoms with E-state index >= 15 is 0 Å². The summed E-state index contributed by atoms with van der Waals surface area (Å²) in [6, 6.07) is 13.1. The summed E-state index contributed by atoms with van der Waals surface area (Å²) in [4.78, 5) is 26.7. The molecule has 1 atom stereocenters. The van der Waals surface area contributed by atoms with Crippen molar-refractivity contribution in [1.29, 1.82) is 0 Å². The maximum atomic E-state index is 12.7. The lowest BCUT2D eigenvalue weighted by Crippen LogP contribution is -2.27. The first-order chi connectivity index (χ1) is 12.9. The standard InChI is InChI=1S/C22H25NO4/c1-14(2)19-10-5-15(3)11-20(19)27-22(25)16-12-21(24)23(13-16)17-6-8-18(26-4)9-7-17/h5-11,14,16H,12-13H2,1-4H3/t16-/m1/s1. The summed E-state index contributed by atoms with van der Waals surface area (Å²) in [5.41, 5.74) is 2.78. The summed E-state index contributed by atoms with van der Waals surface area (Å²) in [7, 11) is 1.60. The van der Waals surface area contributed by atoms with E-state index in [0.29, 0.717) is 12.3 Å². The molecule has 5 nitrogen and oxygen atoms in total. The Labute approximate surface area is 159 Å². The van der Waals surface area contributed by atoms with Crippen LogP contribution in [0.5, 0.6) is 11.5 Å². The molecule has 0 aromatic heterocycles. The number of methoxy groups -OCH3 is 1. The van der Waals surface area contributed by atoms with Gasteiger partial charge in [-0.25, -0.2) is 0 Å². The van der Waals surface area contributed by atoms with Gasteiger partial charge in [0.15, 0.2) is 0 Å². The maximum absolute atomic E-state index is 12.7. The van der Waals surface area contributed by atoms with Crippen LogP contribution in [0.3, 0.4) is 0 Å². The highest BCUT2D eigenvalue weighted by Crippen LogP contribution is 2.31. The molecular weight excluding hydrogens is 342 g/mol. The van der Waals surface area contributed by atoms with E-state index in [2.05, 4.69) is 13.8 Å². The van der Waals surface area contributed by atoms with Crippen LogP contribution in [-0.2, 0) is 9.59 Å². The van der Waals surface area contributed by atoms with Crippen LogP contribution in [-0.4, -0.2) is 25.5 Å². The smallest absolute Gasteiger partial charge is 0.316 e. The molecule has 0 N–H and O–H groups in total. The third kappa shape index (κ3) is 4.13. The number of rotatable bonds is 5. The first-order valence-electron chi connectivity index (χ1n) is 9.15. The number of amides is 1. The second kappa shape index (κ2) is 7.82.